The van der Waals surface area contributed by atoms with E-state index in [9.17, 15) is 26.4 Å². The SMILES string of the molecule is Cc1ccc(S(=O)(=O)N(CCCCN(CCCNC=O)S(=O)(=O)c2ccc(C)cc2)CCCNC=O)cc1. The topological polar surface area (TPSA) is 133 Å². The predicted octanol–water partition coefficient (Wildman–Crippen LogP) is 2.04. The molecular weight excluding hydrogens is 528 g/mol. The minimum atomic E-state index is -3.76. The van der Waals surface area contributed by atoms with Crippen molar-refractivity contribution in [3.8, 4) is 0 Å². The molecule has 38 heavy (non-hydrogen) atoms. The Morgan fingerprint density at radius 3 is 1.21 bits per heavy atom. The van der Waals surface area contributed by atoms with Gasteiger partial charge < -0.3 is 10.6 Å². The summed E-state index contributed by atoms with van der Waals surface area (Å²) in [7, 11) is -7.52. The van der Waals surface area contributed by atoms with Crippen LogP contribution < -0.4 is 10.6 Å². The van der Waals surface area contributed by atoms with Gasteiger partial charge in [0.05, 0.1) is 9.79 Å². The first kappa shape index (κ1) is 31.4. The van der Waals surface area contributed by atoms with Crippen LogP contribution in [0.1, 0.15) is 36.8 Å². The molecule has 0 aliphatic carbocycles. The lowest BCUT2D eigenvalue weighted by Crippen LogP contribution is -2.36. The molecule has 12 heteroatoms. The van der Waals surface area contributed by atoms with Gasteiger partial charge in [0.2, 0.25) is 32.9 Å². The Kier molecular flexibility index (Phi) is 12.9. The average molecular weight is 567 g/mol. The summed E-state index contributed by atoms with van der Waals surface area (Å²) in [5.74, 6) is 0. The summed E-state index contributed by atoms with van der Waals surface area (Å²) >= 11 is 0. The molecule has 2 aromatic rings. The molecule has 0 aromatic heterocycles. The highest BCUT2D eigenvalue weighted by Gasteiger charge is 2.26. The van der Waals surface area contributed by atoms with Crippen molar-refractivity contribution < 1.29 is 26.4 Å². The summed E-state index contributed by atoms with van der Waals surface area (Å²) in [5.41, 5.74) is 1.90. The third-order valence-electron chi connectivity index (χ3n) is 6.01. The minimum Gasteiger partial charge on any atom is -0.359 e. The van der Waals surface area contributed by atoms with Gasteiger partial charge >= 0.3 is 0 Å². The lowest BCUT2D eigenvalue weighted by molar-refractivity contribution is -0.110. The third kappa shape index (κ3) is 9.50. The van der Waals surface area contributed by atoms with Crippen molar-refractivity contribution in [3.05, 3.63) is 59.7 Å². The Morgan fingerprint density at radius 1 is 0.579 bits per heavy atom. The Bertz CT molecular complexity index is 1120. The van der Waals surface area contributed by atoms with E-state index in [0.717, 1.165) is 11.1 Å². The van der Waals surface area contributed by atoms with E-state index in [1.165, 1.54) is 8.61 Å². The van der Waals surface area contributed by atoms with Crippen LogP contribution in [0.5, 0.6) is 0 Å². The molecule has 2 rings (SSSR count). The van der Waals surface area contributed by atoms with E-state index in [1.54, 1.807) is 48.5 Å². The molecule has 0 heterocycles. The zero-order valence-corrected chi connectivity index (χ0v) is 23.6. The second-order valence-corrected chi connectivity index (χ2v) is 12.9. The van der Waals surface area contributed by atoms with Crippen LogP contribution in [0.2, 0.25) is 0 Å². The first-order valence-electron chi connectivity index (χ1n) is 12.6. The van der Waals surface area contributed by atoms with E-state index in [0.29, 0.717) is 51.6 Å². The Balaban J connectivity index is 2.11. The molecule has 0 saturated carbocycles. The second kappa shape index (κ2) is 15.6. The van der Waals surface area contributed by atoms with E-state index in [2.05, 4.69) is 10.6 Å². The van der Waals surface area contributed by atoms with Gasteiger partial charge in [-0.25, -0.2) is 16.8 Å². The van der Waals surface area contributed by atoms with Crippen LogP contribution in [-0.4, -0.2) is 77.5 Å². The number of hydrogen-bond donors (Lipinski definition) is 2. The van der Waals surface area contributed by atoms with Crippen LogP contribution >= 0.6 is 0 Å². The number of benzene rings is 2. The van der Waals surface area contributed by atoms with Crippen molar-refractivity contribution in [1.82, 2.24) is 19.2 Å². The van der Waals surface area contributed by atoms with Gasteiger partial charge in [-0.2, -0.15) is 8.61 Å². The summed E-state index contributed by atoms with van der Waals surface area (Å²) in [4.78, 5) is 21.5. The third-order valence-corrected chi connectivity index (χ3v) is 9.83. The van der Waals surface area contributed by atoms with Gasteiger partial charge in [-0.1, -0.05) is 35.4 Å². The van der Waals surface area contributed by atoms with Crippen LogP contribution in [0.15, 0.2) is 58.3 Å². The van der Waals surface area contributed by atoms with Crippen LogP contribution in [0.3, 0.4) is 0 Å². The Hall–Kier alpha value is -2.80. The van der Waals surface area contributed by atoms with Crippen molar-refractivity contribution in [2.45, 2.75) is 49.3 Å². The number of nitrogens with one attached hydrogen (secondary N) is 2. The fourth-order valence-electron chi connectivity index (χ4n) is 3.83. The quantitative estimate of drug-likeness (QED) is 0.198. The molecule has 2 aromatic carbocycles. The molecule has 0 radical (unpaired) electrons. The minimum absolute atomic E-state index is 0.192. The van der Waals surface area contributed by atoms with Crippen LogP contribution in [0.25, 0.3) is 0 Å². The van der Waals surface area contributed by atoms with Crippen molar-refractivity contribution in [3.63, 3.8) is 0 Å². The van der Waals surface area contributed by atoms with Crippen molar-refractivity contribution in [1.29, 1.82) is 0 Å². The van der Waals surface area contributed by atoms with Gasteiger partial charge in [0.25, 0.3) is 0 Å². The van der Waals surface area contributed by atoms with Gasteiger partial charge in [-0.05, 0) is 63.8 Å². The smallest absolute Gasteiger partial charge is 0.243 e. The molecule has 0 aliphatic rings. The van der Waals surface area contributed by atoms with Gasteiger partial charge in [0.15, 0.2) is 0 Å². The molecule has 0 spiro atoms. The number of sulfonamides is 2. The molecule has 0 bridgehead atoms. The molecule has 0 atom stereocenters. The summed E-state index contributed by atoms with van der Waals surface area (Å²) < 4.78 is 56.0. The summed E-state index contributed by atoms with van der Waals surface area (Å²) in [6, 6.07) is 13.3. The van der Waals surface area contributed by atoms with Crippen molar-refractivity contribution in [2.24, 2.45) is 0 Å². The number of carbonyl (C=O) groups is 2. The number of aryl methyl sites for hydroxylation is 2. The number of rotatable bonds is 19. The number of nitrogens with zero attached hydrogens (tertiary/aromatic N) is 2. The first-order chi connectivity index (χ1) is 18.1. The highest BCUT2D eigenvalue weighted by Crippen LogP contribution is 2.20. The standard InChI is InChI=1S/C26H38N4O6S2/c1-23-7-11-25(12-8-23)37(33,34)29(19-5-15-27-21-31)17-3-4-18-30(20-6-16-28-22-32)38(35,36)26-13-9-24(2)10-14-26/h7-14,21-22H,3-6,15-20H2,1-2H3,(H,27,31)(H,28,32). The first-order valence-corrected chi connectivity index (χ1v) is 15.5. The molecule has 0 unspecified atom stereocenters. The molecule has 0 aliphatic heterocycles. The fraction of sp³-hybridized carbons (Fsp3) is 0.462. The number of carbonyl (C=O) groups excluding carboxylic acids is 2. The maximum Gasteiger partial charge on any atom is 0.243 e. The van der Waals surface area contributed by atoms with Gasteiger partial charge in [0.1, 0.15) is 0 Å². The molecular formula is C26H38N4O6S2. The van der Waals surface area contributed by atoms with Crippen LogP contribution in [-0.2, 0) is 29.6 Å². The highest BCUT2D eigenvalue weighted by atomic mass is 32.2. The predicted molar refractivity (Wildman–Crippen MR) is 146 cm³/mol. The second-order valence-electron chi connectivity index (χ2n) is 8.99. The van der Waals surface area contributed by atoms with Gasteiger partial charge in [0, 0.05) is 39.3 Å². The van der Waals surface area contributed by atoms with E-state index >= 15 is 0 Å². The summed E-state index contributed by atoms with van der Waals surface area (Å²) in [5, 5.41) is 5.09. The zero-order valence-electron chi connectivity index (χ0n) is 22.0. The zero-order chi connectivity index (χ0) is 28.0. The molecule has 0 saturated heterocycles. The molecule has 210 valence electrons. The van der Waals surface area contributed by atoms with Gasteiger partial charge in [-0.3, -0.25) is 9.59 Å². The van der Waals surface area contributed by atoms with Crippen LogP contribution in [0.4, 0.5) is 0 Å². The molecule has 0 fully saturated rings. The van der Waals surface area contributed by atoms with E-state index in [-0.39, 0.29) is 36.0 Å². The summed E-state index contributed by atoms with van der Waals surface area (Å²) in [6.07, 6.45) is 2.93. The number of unbranched alkanes of at least 4 members (excludes halogenated alkanes) is 1. The lowest BCUT2D eigenvalue weighted by atomic mass is 10.2. The van der Waals surface area contributed by atoms with Gasteiger partial charge in [-0.15, -0.1) is 0 Å². The average Bonchev–Trinajstić information content (AvgIpc) is 2.89. The largest absolute Gasteiger partial charge is 0.359 e. The lowest BCUT2D eigenvalue weighted by Gasteiger charge is -2.24. The fourth-order valence-corrected chi connectivity index (χ4v) is 6.87. The van der Waals surface area contributed by atoms with Crippen molar-refractivity contribution in [2.75, 3.05) is 39.3 Å². The molecule has 2 amide bonds. The monoisotopic (exact) mass is 566 g/mol. The van der Waals surface area contributed by atoms with Crippen molar-refractivity contribution >= 4 is 32.9 Å². The Morgan fingerprint density at radius 2 is 0.895 bits per heavy atom. The van der Waals surface area contributed by atoms with E-state index in [4.69, 9.17) is 0 Å². The Labute approximate surface area is 226 Å². The number of hydrogen-bond acceptors (Lipinski definition) is 6. The normalized spacial score (nSPS) is 12.0. The maximum atomic E-state index is 13.3. The molecule has 2 N–H and O–H groups in total. The number of amides is 2. The van der Waals surface area contributed by atoms with Crippen LogP contribution in [0, 0.1) is 13.8 Å². The summed E-state index contributed by atoms with van der Waals surface area (Å²) in [6.45, 7) is 5.32. The maximum absolute atomic E-state index is 13.3. The van der Waals surface area contributed by atoms with E-state index in [1.807, 2.05) is 13.8 Å². The highest BCUT2D eigenvalue weighted by molar-refractivity contribution is 7.89. The van der Waals surface area contributed by atoms with E-state index < -0.39 is 20.0 Å². The molecule has 10 nitrogen and oxygen atoms in total.